The normalized spacial score (nSPS) is 15.1. The first-order chi connectivity index (χ1) is 14.7. The molecule has 7 heteroatoms. The van der Waals surface area contributed by atoms with Gasteiger partial charge in [0.1, 0.15) is 23.2 Å². The van der Waals surface area contributed by atoms with Gasteiger partial charge in [-0.15, -0.1) is 11.3 Å². The monoisotopic (exact) mass is 422 g/mol. The lowest BCUT2D eigenvalue weighted by atomic mass is 10.1. The Morgan fingerprint density at radius 2 is 1.63 bits per heavy atom. The SMILES string of the molecule is N#Cc1ccc(CN2CCN(Cc3csc(COc4ccc(F)cc4)n3)CC2)cc1. The molecule has 0 unspecified atom stereocenters. The highest BCUT2D eigenvalue weighted by Gasteiger charge is 2.18. The summed E-state index contributed by atoms with van der Waals surface area (Å²) in [6.45, 7) is 6.22. The van der Waals surface area contributed by atoms with E-state index in [-0.39, 0.29) is 5.82 Å². The maximum Gasteiger partial charge on any atom is 0.140 e. The lowest BCUT2D eigenvalue weighted by Crippen LogP contribution is -2.45. The van der Waals surface area contributed by atoms with Gasteiger partial charge in [0.25, 0.3) is 0 Å². The van der Waals surface area contributed by atoms with Gasteiger partial charge in [-0.05, 0) is 42.0 Å². The van der Waals surface area contributed by atoms with Crippen LogP contribution < -0.4 is 4.74 Å². The summed E-state index contributed by atoms with van der Waals surface area (Å²) in [4.78, 5) is 9.55. The Bertz CT molecular complexity index is 989. The van der Waals surface area contributed by atoms with Gasteiger partial charge in [0.05, 0.1) is 17.3 Å². The third-order valence-corrected chi connectivity index (χ3v) is 5.99. The Labute approximate surface area is 180 Å². The standard InChI is InChI=1S/C23H23FN4OS/c24-20-5-7-22(8-6-20)29-16-23-26-21(17-30-23)15-28-11-9-27(10-12-28)14-19-3-1-18(13-25)2-4-19/h1-8,17H,9-12,14-16H2. The summed E-state index contributed by atoms with van der Waals surface area (Å²) in [6.07, 6.45) is 0. The molecule has 0 aliphatic carbocycles. The van der Waals surface area contributed by atoms with Crippen molar-refractivity contribution in [3.8, 4) is 11.8 Å². The van der Waals surface area contributed by atoms with E-state index >= 15 is 0 Å². The summed E-state index contributed by atoms with van der Waals surface area (Å²) in [7, 11) is 0. The molecule has 1 aromatic heterocycles. The van der Waals surface area contributed by atoms with Crippen LogP contribution in [0.1, 0.15) is 21.8 Å². The van der Waals surface area contributed by atoms with Crippen molar-refractivity contribution < 1.29 is 9.13 Å². The summed E-state index contributed by atoms with van der Waals surface area (Å²) in [6, 6.07) is 16.0. The van der Waals surface area contributed by atoms with Crippen LogP contribution in [0.3, 0.4) is 0 Å². The van der Waals surface area contributed by atoms with E-state index in [9.17, 15) is 4.39 Å². The van der Waals surface area contributed by atoms with Gasteiger partial charge in [-0.1, -0.05) is 12.1 Å². The first-order valence-electron chi connectivity index (χ1n) is 9.93. The molecule has 0 N–H and O–H groups in total. The quantitative estimate of drug-likeness (QED) is 0.575. The number of nitrogens with zero attached hydrogens (tertiary/aromatic N) is 4. The van der Waals surface area contributed by atoms with Crippen LogP contribution in [0, 0.1) is 17.1 Å². The average Bonchev–Trinajstić information content (AvgIpc) is 3.22. The van der Waals surface area contributed by atoms with Crippen molar-refractivity contribution in [1.82, 2.24) is 14.8 Å². The van der Waals surface area contributed by atoms with Gasteiger partial charge >= 0.3 is 0 Å². The molecular formula is C23H23FN4OS. The van der Waals surface area contributed by atoms with Crippen molar-refractivity contribution >= 4 is 11.3 Å². The number of aromatic nitrogens is 1. The van der Waals surface area contributed by atoms with Gasteiger partial charge in [-0.2, -0.15) is 5.26 Å². The Morgan fingerprint density at radius 1 is 0.967 bits per heavy atom. The van der Waals surface area contributed by atoms with E-state index in [1.807, 2.05) is 24.3 Å². The predicted octanol–water partition coefficient (Wildman–Crippen LogP) is 4.05. The lowest BCUT2D eigenvalue weighted by Gasteiger charge is -2.34. The van der Waals surface area contributed by atoms with Crippen LogP contribution in [0.2, 0.25) is 0 Å². The van der Waals surface area contributed by atoms with Crippen LogP contribution in [0.5, 0.6) is 5.75 Å². The number of halogens is 1. The van der Waals surface area contributed by atoms with Gasteiger partial charge in [-0.3, -0.25) is 9.80 Å². The molecule has 0 bridgehead atoms. The zero-order chi connectivity index (χ0) is 20.8. The molecule has 30 heavy (non-hydrogen) atoms. The number of hydrogen-bond donors (Lipinski definition) is 0. The Morgan fingerprint density at radius 3 is 2.30 bits per heavy atom. The molecule has 3 aromatic rings. The number of ether oxygens (including phenoxy) is 1. The van der Waals surface area contributed by atoms with Crippen LogP contribution in [-0.2, 0) is 19.7 Å². The van der Waals surface area contributed by atoms with E-state index in [4.69, 9.17) is 10.00 Å². The van der Waals surface area contributed by atoms with Crippen molar-refractivity contribution in [2.75, 3.05) is 26.2 Å². The van der Waals surface area contributed by atoms with Crippen molar-refractivity contribution in [2.45, 2.75) is 19.7 Å². The molecule has 2 heterocycles. The molecule has 0 radical (unpaired) electrons. The third-order valence-electron chi connectivity index (χ3n) is 5.11. The topological polar surface area (TPSA) is 52.4 Å². The second kappa shape index (κ2) is 9.81. The molecule has 5 nitrogen and oxygen atoms in total. The maximum atomic E-state index is 13.0. The summed E-state index contributed by atoms with van der Waals surface area (Å²) in [5, 5.41) is 11.9. The smallest absolute Gasteiger partial charge is 0.140 e. The number of nitriles is 1. The van der Waals surface area contributed by atoms with E-state index in [1.54, 1.807) is 23.5 Å². The largest absolute Gasteiger partial charge is 0.486 e. The minimum absolute atomic E-state index is 0.268. The maximum absolute atomic E-state index is 13.0. The number of rotatable bonds is 7. The molecule has 2 aromatic carbocycles. The van der Waals surface area contributed by atoms with E-state index in [0.29, 0.717) is 17.9 Å². The molecule has 1 aliphatic rings. The molecule has 1 saturated heterocycles. The zero-order valence-corrected chi connectivity index (χ0v) is 17.4. The first kappa shape index (κ1) is 20.5. The fourth-order valence-electron chi connectivity index (χ4n) is 3.44. The number of piperazine rings is 1. The highest BCUT2D eigenvalue weighted by Crippen LogP contribution is 2.18. The molecule has 1 aliphatic heterocycles. The molecule has 1 fully saturated rings. The molecule has 0 saturated carbocycles. The fourth-order valence-corrected chi connectivity index (χ4v) is 4.14. The summed E-state index contributed by atoms with van der Waals surface area (Å²) < 4.78 is 18.6. The second-order valence-corrected chi connectivity index (χ2v) is 8.28. The Hall–Kier alpha value is -2.79. The average molecular weight is 423 g/mol. The van der Waals surface area contributed by atoms with Crippen LogP contribution in [0.15, 0.2) is 53.9 Å². The molecule has 0 amide bonds. The summed E-state index contributed by atoms with van der Waals surface area (Å²) in [5.41, 5.74) is 3.01. The Balaban J connectivity index is 1.21. The minimum atomic E-state index is -0.268. The van der Waals surface area contributed by atoms with Gasteiger partial charge in [0, 0.05) is 44.6 Å². The molecule has 4 rings (SSSR count). The van der Waals surface area contributed by atoms with Crippen molar-refractivity contribution in [1.29, 1.82) is 5.26 Å². The van der Waals surface area contributed by atoms with Gasteiger partial charge in [0.15, 0.2) is 0 Å². The van der Waals surface area contributed by atoms with E-state index in [0.717, 1.165) is 50.0 Å². The van der Waals surface area contributed by atoms with Gasteiger partial charge < -0.3 is 4.74 Å². The van der Waals surface area contributed by atoms with E-state index in [1.165, 1.54) is 17.7 Å². The highest BCUT2D eigenvalue weighted by molar-refractivity contribution is 7.09. The van der Waals surface area contributed by atoms with Crippen molar-refractivity contribution in [3.63, 3.8) is 0 Å². The molecular weight excluding hydrogens is 399 g/mol. The number of benzene rings is 2. The third kappa shape index (κ3) is 5.63. The molecule has 0 spiro atoms. The van der Waals surface area contributed by atoms with Gasteiger partial charge in [-0.25, -0.2) is 9.37 Å². The van der Waals surface area contributed by atoms with Crippen molar-refractivity contribution in [2.24, 2.45) is 0 Å². The zero-order valence-electron chi connectivity index (χ0n) is 16.6. The van der Waals surface area contributed by atoms with Crippen LogP contribution in [0.25, 0.3) is 0 Å². The van der Waals surface area contributed by atoms with Crippen molar-refractivity contribution in [3.05, 3.63) is 81.6 Å². The summed E-state index contributed by atoms with van der Waals surface area (Å²) in [5.74, 6) is 0.377. The first-order valence-corrected chi connectivity index (χ1v) is 10.8. The minimum Gasteiger partial charge on any atom is -0.486 e. The predicted molar refractivity (Wildman–Crippen MR) is 115 cm³/mol. The lowest BCUT2D eigenvalue weighted by molar-refractivity contribution is 0.121. The van der Waals surface area contributed by atoms with E-state index in [2.05, 4.69) is 26.2 Å². The molecule has 154 valence electrons. The van der Waals surface area contributed by atoms with Crippen LogP contribution in [-0.4, -0.2) is 41.0 Å². The fraction of sp³-hybridized carbons (Fsp3) is 0.304. The second-order valence-electron chi connectivity index (χ2n) is 7.34. The van der Waals surface area contributed by atoms with Crippen LogP contribution in [0.4, 0.5) is 4.39 Å². The number of hydrogen-bond acceptors (Lipinski definition) is 6. The molecule has 0 atom stereocenters. The highest BCUT2D eigenvalue weighted by atomic mass is 32.1. The summed E-state index contributed by atoms with van der Waals surface area (Å²) >= 11 is 1.60. The van der Waals surface area contributed by atoms with Crippen LogP contribution >= 0.6 is 11.3 Å². The number of thiazole rings is 1. The Kier molecular flexibility index (Phi) is 6.70. The van der Waals surface area contributed by atoms with E-state index < -0.39 is 0 Å². The van der Waals surface area contributed by atoms with Gasteiger partial charge in [0.2, 0.25) is 0 Å².